The van der Waals surface area contributed by atoms with Gasteiger partial charge in [0.25, 0.3) is 0 Å². The number of carboxylic acid groups (broad SMARTS) is 1. The van der Waals surface area contributed by atoms with Gasteiger partial charge in [0.05, 0.1) is 29.2 Å². The minimum Gasteiger partial charge on any atom is -0.481 e. The first-order valence-electron chi connectivity index (χ1n) is 11.5. The fourth-order valence-electron chi connectivity index (χ4n) is 4.47. The molecular weight excluding hydrogens is 414 g/mol. The zero-order chi connectivity index (χ0) is 23.5. The fraction of sp³-hybridized carbons (Fsp3) is 0.370. The predicted octanol–water partition coefficient (Wildman–Crippen LogP) is 4.79. The molecule has 1 aliphatic rings. The van der Waals surface area contributed by atoms with E-state index in [1.54, 1.807) is 0 Å². The van der Waals surface area contributed by atoms with Crippen molar-refractivity contribution >= 4 is 11.8 Å². The van der Waals surface area contributed by atoms with Gasteiger partial charge in [-0.15, -0.1) is 0 Å². The van der Waals surface area contributed by atoms with Crippen LogP contribution in [0.15, 0.2) is 48.5 Å². The molecule has 0 saturated heterocycles. The van der Waals surface area contributed by atoms with Crippen molar-refractivity contribution in [2.24, 2.45) is 0 Å². The zero-order valence-corrected chi connectivity index (χ0v) is 19.5. The van der Waals surface area contributed by atoms with Crippen LogP contribution in [0, 0.1) is 13.8 Å². The number of hydrogen-bond donors (Lipinski definition) is 2. The number of rotatable bonds is 7. The Balaban J connectivity index is 1.73. The van der Waals surface area contributed by atoms with E-state index in [1.807, 2.05) is 11.9 Å². The summed E-state index contributed by atoms with van der Waals surface area (Å²) in [5.41, 5.74) is 6.80. The topological polar surface area (TPSA) is 86.6 Å². The Labute approximate surface area is 195 Å². The number of unbranched alkanes of at least 4 members (excludes halogenated alkanes) is 1. The molecule has 0 spiro atoms. The van der Waals surface area contributed by atoms with Gasteiger partial charge in [0, 0.05) is 31.0 Å². The van der Waals surface area contributed by atoms with E-state index in [9.17, 15) is 9.90 Å². The van der Waals surface area contributed by atoms with Gasteiger partial charge in [-0.2, -0.15) is 0 Å². The zero-order valence-electron chi connectivity index (χ0n) is 19.5. The normalized spacial score (nSPS) is 17.6. The molecule has 172 valence electrons. The largest absolute Gasteiger partial charge is 0.481 e. The van der Waals surface area contributed by atoms with Gasteiger partial charge in [0.2, 0.25) is 0 Å². The van der Waals surface area contributed by atoms with Crippen LogP contribution in [0.5, 0.6) is 0 Å². The molecule has 1 aromatic heterocycles. The second-order valence-corrected chi connectivity index (χ2v) is 9.01. The Hall–Kier alpha value is -3.25. The smallest absolute Gasteiger partial charge is 0.303 e. The number of aliphatic hydroxyl groups excluding tert-OH is 1. The van der Waals surface area contributed by atoms with Crippen molar-refractivity contribution in [2.45, 2.75) is 58.1 Å². The van der Waals surface area contributed by atoms with E-state index >= 15 is 0 Å². The maximum Gasteiger partial charge on any atom is 0.303 e. The number of likely N-dealkylation sites (N-methyl/N-ethyl adjacent to an activating group) is 1. The molecule has 2 heterocycles. The first kappa shape index (κ1) is 22.9. The van der Waals surface area contributed by atoms with E-state index in [2.05, 4.69) is 62.4 Å². The summed E-state index contributed by atoms with van der Waals surface area (Å²) in [6.07, 6.45) is 2.08. The van der Waals surface area contributed by atoms with Gasteiger partial charge in [-0.3, -0.25) is 4.79 Å². The average Bonchev–Trinajstić information content (AvgIpc) is 2.79. The molecule has 0 aliphatic carbocycles. The number of carbonyl (C=O) groups is 1. The van der Waals surface area contributed by atoms with E-state index in [4.69, 9.17) is 15.1 Å². The minimum absolute atomic E-state index is 0.114. The highest BCUT2D eigenvalue weighted by Crippen LogP contribution is 2.36. The van der Waals surface area contributed by atoms with Gasteiger partial charge in [0.1, 0.15) is 0 Å². The van der Waals surface area contributed by atoms with Crippen molar-refractivity contribution in [1.82, 2.24) is 9.97 Å². The third kappa shape index (κ3) is 5.06. The number of anilines is 1. The molecule has 0 fully saturated rings. The molecule has 2 atom stereocenters. The predicted molar refractivity (Wildman–Crippen MR) is 130 cm³/mol. The van der Waals surface area contributed by atoms with Crippen molar-refractivity contribution in [3.05, 3.63) is 65.4 Å². The van der Waals surface area contributed by atoms with Crippen LogP contribution < -0.4 is 4.90 Å². The van der Waals surface area contributed by atoms with E-state index < -0.39 is 12.1 Å². The van der Waals surface area contributed by atoms with E-state index in [0.717, 1.165) is 40.4 Å². The molecule has 0 saturated carbocycles. The van der Waals surface area contributed by atoms with Crippen LogP contribution in [0.25, 0.3) is 22.5 Å². The minimum atomic E-state index is -0.782. The number of nitrogens with zero attached hydrogens (tertiary/aromatic N) is 3. The summed E-state index contributed by atoms with van der Waals surface area (Å²) >= 11 is 0. The maximum atomic E-state index is 10.9. The number of benzene rings is 2. The summed E-state index contributed by atoms with van der Waals surface area (Å²) in [6, 6.07) is 16.5. The van der Waals surface area contributed by atoms with Crippen molar-refractivity contribution in [3.8, 4) is 22.5 Å². The Bertz CT molecular complexity index is 1130. The summed E-state index contributed by atoms with van der Waals surface area (Å²) in [6.45, 7) is 4.12. The summed E-state index contributed by atoms with van der Waals surface area (Å²) in [4.78, 5) is 23.0. The third-order valence-electron chi connectivity index (χ3n) is 6.42. The van der Waals surface area contributed by atoms with Crippen LogP contribution in [-0.4, -0.2) is 45.3 Å². The lowest BCUT2D eigenvalue weighted by atomic mass is 9.93. The number of aliphatic carboxylic acids is 1. The molecule has 6 heteroatoms. The third-order valence-corrected chi connectivity index (χ3v) is 6.42. The van der Waals surface area contributed by atoms with Crippen molar-refractivity contribution < 1.29 is 15.0 Å². The number of hydrogen-bond acceptors (Lipinski definition) is 5. The SMILES string of the molecule is Cc1ccc(-c2nc3c(nc2-c2ccc(C)cc2)N(C)C(CCCCC(=O)O)C(O)C3)cc1. The van der Waals surface area contributed by atoms with Gasteiger partial charge in [-0.25, -0.2) is 9.97 Å². The number of aliphatic hydroxyl groups is 1. The van der Waals surface area contributed by atoms with Crippen LogP contribution >= 0.6 is 0 Å². The van der Waals surface area contributed by atoms with E-state index in [1.165, 1.54) is 11.1 Å². The molecule has 0 bridgehead atoms. The van der Waals surface area contributed by atoms with Gasteiger partial charge in [0.15, 0.2) is 5.82 Å². The Morgan fingerprint density at radius 1 is 0.939 bits per heavy atom. The molecule has 2 aromatic carbocycles. The Morgan fingerprint density at radius 2 is 1.48 bits per heavy atom. The molecule has 6 nitrogen and oxygen atoms in total. The lowest BCUT2D eigenvalue weighted by Gasteiger charge is -2.38. The standard InChI is InChI=1S/C27H31N3O3/c1-17-8-12-19(13-9-17)25-26(20-14-10-18(2)11-15-20)29-27-21(28-25)16-23(31)22(30(27)3)6-4-5-7-24(32)33/h8-15,22-23,31H,4-7,16H2,1-3H3,(H,32,33). The molecule has 2 unspecified atom stereocenters. The molecule has 2 N–H and O–H groups in total. The first-order chi connectivity index (χ1) is 15.8. The highest BCUT2D eigenvalue weighted by atomic mass is 16.4. The van der Waals surface area contributed by atoms with E-state index in [0.29, 0.717) is 19.3 Å². The molecule has 3 aromatic rings. The number of aryl methyl sites for hydroxylation is 2. The van der Waals surface area contributed by atoms with Crippen molar-refractivity contribution in [1.29, 1.82) is 0 Å². The van der Waals surface area contributed by atoms with Gasteiger partial charge < -0.3 is 15.1 Å². The molecule has 4 rings (SSSR count). The monoisotopic (exact) mass is 445 g/mol. The van der Waals surface area contributed by atoms with Gasteiger partial charge in [-0.1, -0.05) is 66.1 Å². The van der Waals surface area contributed by atoms with Crippen LogP contribution in [0.1, 0.15) is 42.5 Å². The second kappa shape index (κ2) is 9.71. The number of fused-ring (bicyclic) bond motifs is 1. The van der Waals surface area contributed by atoms with Crippen LogP contribution in [0.4, 0.5) is 5.82 Å². The van der Waals surface area contributed by atoms with Gasteiger partial charge >= 0.3 is 5.97 Å². The number of carboxylic acids is 1. The highest BCUT2D eigenvalue weighted by molar-refractivity contribution is 5.80. The van der Waals surface area contributed by atoms with Crippen molar-refractivity contribution in [2.75, 3.05) is 11.9 Å². The van der Waals surface area contributed by atoms with Crippen LogP contribution in [0.2, 0.25) is 0 Å². The number of aromatic nitrogens is 2. The summed E-state index contributed by atoms with van der Waals surface area (Å²) < 4.78 is 0. The van der Waals surface area contributed by atoms with E-state index in [-0.39, 0.29) is 12.5 Å². The second-order valence-electron chi connectivity index (χ2n) is 9.01. The summed E-state index contributed by atoms with van der Waals surface area (Å²) in [5, 5.41) is 19.8. The van der Waals surface area contributed by atoms with Crippen molar-refractivity contribution in [3.63, 3.8) is 0 Å². The molecule has 1 aliphatic heterocycles. The Morgan fingerprint density at radius 3 is 2.03 bits per heavy atom. The average molecular weight is 446 g/mol. The first-order valence-corrected chi connectivity index (χ1v) is 11.5. The summed E-state index contributed by atoms with van der Waals surface area (Å²) in [5.74, 6) is 0.00473. The maximum absolute atomic E-state index is 10.9. The molecule has 0 amide bonds. The lowest BCUT2D eigenvalue weighted by molar-refractivity contribution is -0.137. The molecule has 0 radical (unpaired) electrons. The van der Waals surface area contributed by atoms with Crippen LogP contribution in [-0.2, 0) is 11.2 Å². The van der Waals surface area contributed by atoms with Crippen LogP contribution in [0.3, 0.4) is 0 Å². The molecular formula is C27H31N3O3. The lowest BCUT2D eigenvalue weighted by Crippen LogP contribution is -2.47. The summed E-state index contributed by atoms with van der Waals surface area (Å²) in [7, 11) is 1.95. The quantitative estimate of drug-likeness (QED) is 0.508. The van der Waals surface area contributed by atoms with Gasteiger partial charge in [-0.05, 0) is 26.7 Å². The Kier molecular flexibility index (Phi) is 6.75. The molecule has 33 heavy (non-hydrogen) atoms. The fourth-order valence-corrected chi connectivity index (χ4v) is 4.47. The highest BCUT2D eigenvalue weighted by Gasteiger charge is 2.34.